The molecule has 2 nitrogen and oxygen atoms in total. The third-order valence-corrected chi connectivity index (χ3v) is 2.78. The van der Waals surface area contributed by atoms with Crippen LogP contribution in [0.15, 0.2) is 12.1 Å². The molecule has 2 rings (SSSR count). The van der Waals surface area contributed by atoms with E-state index < -0.39 is 5.82 Å². The molecule has 1 aromatic carbocycles. The fraction of sp³-hybridized carbons (Fsp3) is 0.417. The maximum Gasteiger partial charge on any atom is 0.155 e. The molecule has 0 spiro atoms. The van der Waals surface area contributed by atoms with Gasteiger partial charge >= 0.3 is 0 Å². The van der Waals surface area contributed by atoms with Crippen molar-refractivity contribution in [3.63, 3.8) is 0 Å². The average molecular weight is 207 g/mol. The van der Waals surface area contributed by atoms with E-state index in [4.69, 9.17) is 0 Å². The molecular weight excluding hydrogens is 193 g/mol. The lowest BCUT2D eigenvalue weighted by molar-refractivity contribution is 0.112. The number of rotatable bonds is 3. The lowest BCUT2D eigenvalue weighted by atomic mass is 10.0. The fourth-order valence-corrected chi connectivity index (χ4v) is 1.76. The van der Waals surface area contributed by atoms with Crippen molar-refractivity contribution in [1.82, 2.24) is 0 Å². The Kier molecular flexibility index (Phi) is 2.47. The topological polar surface area (TPSA) is 20.3 Å². The molecule has 0 radical (unpaired) electrons. The van der Waals surface area contributed by atoms with E-state index in [-0.39, 0.29) is 5.56 Å². The summed E-state index contributed by atoms with van der Waals surface area (Å²) in [5, 5.41) is 0. The van der Waals surface area contributed by atoms with Gasteiger partial charge in [-0.2, -0.15) is 0 Å². The average Bonchev–Trinajstić information content (AvgIpc) is 2.99. The Bertz CT molecular complexity index is 397. The molecule has 0 heterocycles. The highest BCUT2D eigenvalue weighted by Gasteiger charge is 2.25. The van der Waals surface area contributed by atoms with Gasteiger partial charge in [-0.1, -0.05) is 0 Å². The van der Waals surface area contributed by atoms with E-state index in [9.17, 15) is 9.18 Å². The van der Waals surface area contributed by atoms with Gasteiger partial charge in [0, 0.05) is 14.1 Å². The monoisotopic (exact) mass is 207 g/mol. The smallest absolute Gasteiger partial charge is 0.155 e. The minimum Gasteiger partial charge on any atom is -0.377 e. The Labute approximate surface area is 88.7 Å². The number of halogens is 1. The molecule has 1 aliphatic rings. The summed E-state index contributed by atoms with van der Waals surface area (Å²) in [6.07, 6.45) is 2.85. The summed E-state index contributed by atoms with van der Waals surface area (Å²) < 4.78 is 13.6. The molecule has 1 aliphatic carbocycles. The highest BCUT2D eigenvalue weighted by atomic mass is 19.1. The summed E-state index contributed by atoms with van der Waals surface area (Å²) >= 11 is 0. The van der Waals surface area contributed by atoms with Crippen LogP contribution in [-0.2, 0) is 0 Å². The van der Waals surface area contributed by atoms with E-state index in [1.54, 1.807) is 4.90 Å². The Morgan fingerprint density at radius 2 is 2.07 bits per heavy atom. The van der Waals surface area contributed by atoms with Gasteiger partial charge in [-0.05, 0) is 36.5 Å². The predicted molar refractivity (Wildman–Crippen MR) is 58.1 cm³/mol. The van der Waals surface area contributed by atoms with Crippen LogP contribution >= 0.6 is 0 Å². The lowest BCUT2D eigenvalue weighted by Gasteiger charge is -2.16. The molecule has 0 aliphatic heterocycles. The highest BCUT2D eigenvalue weighted by molar-refractivity contribution is 5.85. The zero-order chi connectivity index (χ0) is 11.0. The second-order valence-corrected chi connectivity index (χ2v) is 4.22. The van der Waals surface area contributed by atoms with E-state index in [0.29, 0.717) is 17.9 Å². The summed E-state index contributed by atoms with van der Waals surface area (Å²) in [7, 11) is 3.64. The van der Waals surface area contributed by atoms with Crippen molar-refractivity contribution >= 4 is 12.0 Å². The summed E-state index contributed by atoms with van der Waals surface area (Å²) in [5.74, 6) is 0.0944. The quantitative estimate of drug-likeness (QED) is 0.710. The van der Waals surface area contributed by atoms with Crippen LogP contribution in [0.2, 0.25) is 0 Å². The SMILES string of the molecule is CN(C)c1cc(C2CC2)cc(F)c1C=O. The molecule has 3 heteroatoms. The van der Waals surface area contributed by atoms with Crippen molar-refractivity contribution in [3.05, 3.63) is 29.1 Å². The molecule has 1 aromatic rings. The summed E-state index contributed by atoms with van der Waals surface area (Å²) in [5.41, 5.74) is 1.85. The molecule has 0 unspecified atom stereocenters. The van der Waals surface area contributed by atoms with Gasteiger partial charge in [0.2, 0.25) is 0 Å². The number of anilines is 1. The van der Waals surface area contributed by atoms with Gasteiger partial charge in [0.05, 0.1) is 11.3 Å². The van der Waals surface area contributed by atoms with Gasteiger partial charge in [-0.3, -0.25) is 4.79 Å². The van der Waals surface area contributed by atoms with Crippen LogP contribution in [0.3, 0.4) is 0 Å². The number of hydrogen-bond donors (Lipinski definition) is 0. The number of benzene rings is 1. The Balaban J connectivity index is 2.51. The molecule has 80 valence electrons. The molecule has 0 bridgehead atoms. The van der Waals surface area contributed by atoms with Crippen molar-refractivity contribution in [1.29, 1.82) is 0 Å². The third-order valence-electron chi connectivity index (χ3n) is 2.78. The van der Waals surface area contributed by atoms with E-state index in [0.717, 1.165) is 18.4 Å². The van der Waals surface area contributed by atoms with Crippen molar-refractivity contribution < 1.29 is 9.18 Å². The maximum absolute atomic E-state index is 13.6. The molecule has 0 amide bonds. The number of aldehydes is 1. The Hall–Kier alpha value is -1.38. The van der Waals surface area contributed by atoms with Crippen molar-refractivity contribution in [2.45, 2.75) is 18.8 Å². The molecule has 0 saturated heterocycles. The van der Waals surface area contributed by atoms with Crippen LogP contribution in [0.4, 0.5) is 10.1 Å². The van der Waals surface area contributed by atoms with E-state index in [1.807, 2.05) is 20.2 Å². The van der Waals surface area contributed by atoms with Gasteiger partial charge in [-0.15, -0.1) is 0 Å². The first-order chi connectivity index (χ1) is 7.13. The number of carbonyl (C=O) groups excluding carboxylic acids is 1. The maximum atomic E-state index is 13.6. The number of hydrogen-bond acceptors (Lipinski definition) is 2. The summed E-state index contributed by atoms with van der Waals surface area (Å²) in [6.45, 7) is 0. The largest absolute Gasteiger partial charge is 0.377 e. The summed E-state index contributed by atoms with van der Waals surface area (Å²) in [4.78, 5) is 12.6. The number of carbonyl (C=O) groups is 1. The number of nitrogens with zero attached hydrogens (tertiary/aromatic N) is 1. The van der Waals surface area contributed by atoms with Crippen LogP contribution in [-0.4, -0.2) is 20.4 Å². The van der Waals surface area contributed by atoms with E-state index in [1.165, 1.54) is 6.07 Å². The first-order valence-electron chi connectivity index (χ1n) is 5.09. The zero-order valence-corrected chi connectivity index (χ0v) is 8.96. The Morgan fingerprint density at radius 3 is 2.53 bits per heavy atom. The molecular formula is C12H14FNO. The van der Waals surface area contributed by atoms with Crippen LogP contribution in [0.1, 0.15) is 34.7 Å². The minimum atomic E-state index is -0.405. The predicted octanol–water partition coefficient (Wildman–Crippen LogP) is 2.58. The van der Waals surface area contributed by atoms with Gasteiger partial charge in [0.25, 0.3) is 0 Å². The lowest BCUT2D eigenvalue weighted by Crippen LogP contribution is -2.12. The van der Waals surface area contributed by atoms with Crippen LogP contribution < -0.4 is 4.90 Å². The molecule has 1 fully saturated rings. The third kappa shape index (κ3) is 1.87. The van der Waals surface area contributed by atoms with Gasteiger partial charge in [0.15, 0.2) is 6.29 Å². The van der Waals surface area contributed by atoms with Crippen LogP contribution in [0.25, 0.3) is 0 Å². The van der Waals surface area contributed by atoms with Gasteiger partial charge < -0.3 is 4.90 Å². The normalized spacial score (nSPS) is 15.1. The Morgan fingerprint density at radius 1 is 1.40 bits per heavy atom. The molecule has 15 heavy (non-hydrogen) atoms. The molecule has 0 atom stereocenters. The standard InChI is InChI=1S/C12H14FNO/c1-14(2)12-6-9(8-3-4-8)5-11(13)10(12)7-15/h5-8H,3-4H2,1-2H3. The second kappa shape index (κ2) is 3.65. The van der Waals surface area contributed by atoms with E-state index >= 15 is 0 Å². The summed E-state index contributed by atoms with van der Waals surface area (Å²) in [6, 6.07) is 3.42. The first-order valence-corrected chi connectivity index (χ1v) is 5.09. The molecule has 0 aromatic heterocycles. The first kappa shape index (κ1) is 10.1. The molecule has 1 saturated carbocycles. The van der Waals surface area contributed by atoms with Gasteiger partial charge in [0.1, 0.15) is 5.82 Å². The van der Waals surface area contributed by atoms with Crippen molar-refractivity contribution in [3.8, 4) is 0 Å². The zero-order valence-electron chi connectivity index (χ0n) is 8.96. The van der Waals surface area contributed by atoms with Crippen LogP contribution in [0, 0.1) is 5.82 Å². The van der Waals surface area contributed by atoms with E-state index in [2.05, 4.69) is 0 Å². The van der Waals surface area contributed by atoms with Crippen molar-refractivity contribution in [2.24, 2.45) is 0 Å². The van der Waals surface area contributed by atoms with Gasteiger partial charge in [-0.25, -0.2) is 4.39 Å². The molecule has 0 N–H and O–H groups in total. The highest BCUT2D eigenvalue weighted by Crippen LogP contribution is 2.42. The van der Waals surface area contributed by atoms with Crippen molar-refractivity contribution in [2.75, 3.05) is 19.0 Å². The minimum absolute atomic E-state index is 0.157. The fourth-order valence-electron chi connectivity index (χ4n) is 1.76. The second-order valence-electron chi connectivity index (χ2n) is 4.22. The van der Waals surface area contributed by atoms with Crippen LogP contribution in [0.5, 0.6) is 0 Å².